The summed E-state index contributed by atoms with van der Waals surface area (Å²) in [5.41, 5.74) is 3.30. The van der Waals surface area contributed by atoms with Gasteiger partial charge in [-0.1, -0.05) is 6.07 Å². The standard InChI is InChI=1S/C17H19N3O/c21-14-6-3-4-12(10-14)19-17-15-7-8-18-16(15)11-13-5-1-2-9-20(13)17/h3-4,6-8,10,13,18,21H,1-2,5,9,11H2. The number of nitrogens with one attached hydrogen (secondary N) is 1. The van der Waals surface area contributed by atoms with Gasteiger partial charge in [-0.25, -0.2) is 4.99 Å². The molecule has 4 rings (SSSR count). The second-order valence-corrected chi connectivity index (χ2v) is 5.87. The number of aromatic amines is 1. The molecule has 1 aromatic heterocycles. The number of hydrogen-bond donors (Lipinski definition) is 2. The zero-order chi connectivity index (χ0) is 14.2. The van der Waals surface area contributed by atoms with Crippen LogP contribution in [0.4, 0.5) is 5.69 Å². The van der Waals surface area contributed by atoms with Crippen LogP contribution in [0.25, 0.3) is 0 Å². The van der Waals surface area contributed by atoms with Gasteiger partial charge in [-0.2, -0.15) is 0 Å². The van der Waals surface area contributed by atoms with Crippen LogP contribution in [0.15, 0.2) is 41.5 Å². The molecule has 21 heavy (non-hydrogen) atoms. The van der Waals surface area contributed by atoms with Gasteiger partial charge in [0.15, 0.2) is 0 Å². The van der Waals surface area contributed by atoms with Gasteiger partial charge in [-0.05, 0) is 37.5 Å². The van der Waals surface area contributed by atoms with Gasteiger partial charge in [0.25, 0.3) is 0 Å². The van der Waals surface area contributed by atoms with Crippen molar-refractivity contribution in [3.63, 3.8) is 0 Å². The van der Waals surface area contributed by atoms with Crippen molar-refractivity contribution < 1.29 is 5.11 Å². The molecule has 0 radical (unpaired) electrons. The van der Waals surface area contributed by atoms with E-state index in [1.54, 1.807) is 12.1 Å². The number of phenols is 1. The van der Waals surface area contributed by atoms with Crippen molar-refractivity contribution in [1.82, 2.24) is 9.88 Å². The molecule has 1 saturated heterocycles. The Kier molecular flexibility index (Phi) is 2.95. The summed E-state index contributed by atoms with van der Waals surface area (Å²) in [6, 6.07) is 9.83. The third-order valence-electron chi connectivity index (χ3n) is 4.48. The Morgan fingerprint density at radius 2 is 2.19 bits per heavy atom. The molecule has 0 spiro atoms. The molecule has 2 N–H and O–H groups in total. The summed E-state index contributed by atoms with van der Waals surface area (Å²) in [6.45, 7) is 1.08. The van der Waals surface area contributed by atoms with Gasteiger partial charge >= 0.3 is 0 Å². The average Bonchev–Trinajstić information content (AvgIpc) is 2.95. The highest BCUT2D eigenvalue weighted by Gasteiger charge is 2.33. The van der Waals surface area contributed by atoms with Crippen LogP contribution in [0, 0.1) is 0 Å². The number of amidine groups is 1. The Labute approximate surface area is 124 Å². The number of fused-ring (bicyclic) bond motifs is 2. The third kappa shape index (κ3) is 2.20. The van der Waals surface area contributed by atoms with E-state index in [0.29, 0.717) is 6.04 Å². The summed E-state index contributed by atoms with van der Waals surface area (Å²) in [5.74, 6) is 1.31. The molecule has 1 aromatic carbocycles. The second kappa shape index (κ2) is 4.95. The summed E-state index contributed by atoms with van der Waals surface area (Å²) < 4.78 is 0. The van der Waals surface area contributed by atoms with Crippen LogP contribution in [-0.2, 0) is 6.42 Å². The fraction of sp³-hybridized carbons (Fsp3) is 0.353. The molecular weight excluding hydrogens is 262 g/mol. The summed E-state index contributed by atoms with van der Waals surface area (Å²) in [6.07, 6.45) is 6.85. The lowest BCUT2D eigenvalue weighted by Crippen LogP contribution is -2.48. The lowest BCUT2D eigenvalue weighted by molar-refractivity contribution is 0.233. The Bertz CT molecular complexity index is 689. The number of aliphatic imine (C=N–C) groups is 1. The van der Waals surface area contributed by atoms with Crippen LogP contribution in [0.1, 0.15) is 30.5 Å². The van der Waals surface area contributed by atoms with E-state index in [9.17, 15) is 5.11 Å². The number of aromatic nitrogens is 1. The first-order chi connectivity index (χ1) is 10.3. The SMILES string of the molecule is Oc1cccc(N=C2c3cc[nH]c3CC3CCCCN23)c1. The molecule has 0 aliphatic carbocycles. The van der Waals surface area contributed by atoms with Gasteiger partial charge in [-0.3, -0.25) is 0 Å². The van der Waals surface area contributed by atoms with Crippen LogP contribution < -0.4 is 0 Å². The molecule has 2 aliphatic heterocycles. The molecular formula is C17H19N3O. The third-order valence-corrected chi connectivity index (χ3v) is 4.48. The van der Waals surface area contributed by atoms with Gasteiger partial charge in [0.1, 0.15) is 11.6 Å². The van der Waals surface area contributed by atoms with Crippen LogP contribution >= 0.6 is 0 Å². The minimum Gasteiger partial charge on any atom is -0.508 e. The zero-order valence-electron chi connectivity index (χ0n) is 11.9. The van der Waals surface area contributed by atoms with Crippen molar-refractivity contribution in [2.45, 2.75) is 31.7 Å². The molecule has 0 amide bonds. The number of aromatic hydroxyl groups is 1. The van der Waals surface area contributed by atoms with Crippen molar-refractivity contribution in [3.8, 4) is 5.75 Å². The minimum atomic E-state index is 0.261. The fourth-order valence-corrected chi connectivity index (χ4v) is 3.47. The number of piperidine rings is 1. The van der Waals surface area contributed by atoms with Crippen molar-refractivity contribution in [2.24, 2.45) is 4.99 Å². The Hall–Kier alpha value is -2.23. The normalized spacial score (nSPS) is 23.0. The lowest BCUT2D eigenvalue weighted by Gasteiger charge is -2.41. The summed E-state index contributed by atoms with van der Waals surface area (Å²) >= 11 is 0. The Morgan fingerprint density at radius 3 is 3.10 bits per heavy atom. The topological polar surface area (TPSA) is 51.6 Å². The van der Waals surface area contributed by atoms with Gasteiger partial charge in [0, 0.05) is 42.5 Å². The highest BCUT2D eigenvalue weighted by atomic mass is 16.3. The predicted octanol–water partition coefficient (Wildman–Crippen LogP) is 3.21. The molecule has 2 aliphatic rings. The number of phenolic OH excluding ortho intramolecular Hbond substituents is 1. The van der Waals surface area contributed by atoms with E-state index in [2.05, 4.69) is 16.0 Å². The molecule has 1 fully saturated rings. The summed E-state index contributed by atoms with van der Waals surface area (Å²) in [7, 11) is 0. The number of hydrogen-bond acceptors (Lipinski definition) is 2. The zero-order valence-corrected chi connectivity index (χ0v) is 11.9. The monoisotopic (exact) mass is 281 g/mol. The first kappa shape index (κ1) is 12.5. The quantitative estimate of drug-likeness (QED) is 0.843. The number of nitrogens with zero attached hydrogens (tertiary/aromatic N) is 2. The largest absolute Gasteiger partial charge is 0.508 e. The number of rotatable bonds is 1. The molecule has 3 heterocycles. The summed E-state index contributed by atoms with van der Waals surface area (Å²) in [4.78, 5) is 10.6. The van der Waals surface area contributed by atoms with E-state index in [-0.39, 0.29) is 5.75 Å². The van der Waals surface area contributed by atoms with Crippen LogP contribution in [-0.4, -0.2) is 33.4 Å². The van der Waals surface area contributed by atoms with Crippen molar-refractivity contribution in [2.75, 3.05) is 6.54 Å². The minimum absolute atomic E-state index is 0.261. The number of H-pyrrole nitrogens is 1. The molecule has 1 unspecified atom stereocenters. The van der Waals surface area contributed by atoms with E-state index < -0.39 is 0 Å². The molecule has 2 aromatic rings. The molecule has 0 bridgehead atoms. The highest BCUT2D eigenvalue weighted by Crippen LogP contribution is 2.31. The molecule has 4 heteroatoms. The van der Waals surface area contributed by atoms with E-state index in [1.807, 2.05) is 18.3 Å². The maximum absolute atomic E-state index is 9.64. The molecule has 0 saturated carbocycles. The smallest absolute Gasteiger partial charge is 0.138 e. The van der Waals surface area contributed by atoms with Crippen molar-refractivity contribution in [1.29, 1.82) is 0 Å². The average molecular weight is 281 g/mol. The number of benzene rings is 1. The Morgan fingerprint density at radius 1 is 1.24 bits per heavy atom. The lowest BCUT2D eigenvalue weighted by atomic mass is 9.91. The predicted molar refractivity (Wildman–Crippen MR) is 83.1 cm³/mol. The first-order valence-corrected chi connectivity index (χ1v) is 7.62. The van der Waals surface area contributed by atoms with Gasteiger partial charge in [-0.15, -0.1) is 0 Å². The van der Waals surface area contributed by atoms with E-state index in [1.165, 1.54) is 30.5 Å². The van der Waals surface area contributed by atoms with E-state index in [4.69, 9.17) is 4.99 Å². The van der Waals surface area contributed by atoms with E-state index in [0.717, 1.165) is 24.5 Å². The van der Waals surface area contributed by atoms with Gasteiger partial charge < -0.3 is 15.0 Å². The van der Waals surface area contributed by atoms with Crippen LogP contribution in [0.3, 0.4) is 0 Å². The maximum atomic E-state index is 9.64. The summed E-state index contributed by atoms with van der Waals surface area (Å²) in [5, 5.41) is 9.64. The first-order valence-electron chi connectivity index (χ1n) is 7.62. The Balaban J connectivity index is 1.81. The maximum Gasteiger partial charge on any atom is 0.138 e. The van der Waals surface area contributed by atoms with Gasteiger partial charge in [0.05, 0.1) is 5.69 Å². The molecule has 4 nitrogen and oxygen atoms in total. The van der Waals surface area contributed by atoms with Crippen LogP contribution in [0.2, 0.25) is 0 Å². The van der Waals surface area contributed by atoms with Gasteiger partial charge in [0.2, 0.25) is 0 Å². The second-order valence-electron chi connectivity index (χ2n) is 5.87. The van der Waals surface area contributed by atoms with E-state index >= 15 is 0 Å². The highest BCUT2D eigenvalue weighted by molar-refractivity contribution is 6.02. The van der Waals surface area contributed by atoms with Crippen LogP contribution in [0.5, 0.6) is 5.75 Å². The molecule has 108 valence electrons. The molecule has 1 atom stereocenters. The van der Waals surface area contributed by atoms with Crippen molar-refractivity contribution in [3.05, 3.63) is 47.8 Å². The van der Waals surface area contributed by atoms with Crippen molar-refractivity contribution >= 4 is 11.5 Å². The fourth-order valence-electron chi connectivity index (χ4n) is 3.47.